The molecule has 0 aliphatic rings. The lowest BCUT2D eigenvalue weighted by Gasteiger charge is -2.08. The van der Waals surface area contributed by atoms with Crippen LogP contribution in [-0.4, -0.2) is 12.9 Å². The predicted octanol–water partition coefficient (Wildman–Crippen LogP) is 3.53. The van der Waals surface area contributed by atoms with Gasteiger partial charge in [0, 0.05) is 16.9 Å². The number of ketones is 1. The molecule has 0 saturated carbocycles. The number of Topliss-reactive ketones (excluding diaryl/α,β-unsaturated/α-hetero) is 1. The highest BCUT2D eigenvalue weighted by atomic mass is 79.9. The summed E-state index contributed by atoms with van der Waals surface area (Å²) < 4.78 is 6.13. The number of ether oxygens (including phenoxy) is 1. The van der Waals surface area contributed by atoms with Gasteiger partial charge in [-0.1, -0.05) is 6.07 Å². The zero-order valence-electron chi connectivity index (χ0n) is 9.77. The first-order valence-corrected chi connectivity index (χ1v) is 6.92. The van der Waals surface area contributed by atoms with Gasteiger partial charge in [0.05, 0.1) is 16.6 Å². The molecule has 0 aliphatic carbocycles. The summed E-state index contributed by atoms with van der Waals surface area (Å²) >= 11 is 4.93. The molecule has 2 rings (SSSR count). The van der Waals surface area contributed by atoms with Crippen molar-refractivity contribution in [2.24, 2.45) is 0 Å². The van der Waals surface area contributed by atoms with Crippen molar-refractivity contribution in [3.63, 3.8) is 0 Å². The van der Waals surface area contributed by atoms with E-state index < -0.39 is 0 Å². The molecule has 18 heavy (non-hydrogen) atoms. The molecule has 1 aromatic carbocycles. The number of hydrogen-bond donors (Lipinski definition) is 1. The number of methoxy groups -OCH3 is 1. The van der Waals surface area contributed by atoms with E-state index in [1.165, 1.54) is 7.11 Å². The van der Waals surface area contributed by atoms with Gasteiger partial charge in [-0.25, -0.2) is 0 Å². The third kappa shape index (κ3) is 2.73. The van der Waals surface area contributed by atoms with E-state index in [0.29, 0.717) is 23.4 Å². The van der Waals surface area contributed by atoms with Crippen molar-refractivity contribution in [2.75, 3.05) is 12.8 Å². The van der Waals surface area contributed by atoms with Gasteiger partial charge in [0.2, 0.25) is 0 Å². The molecular formula is C13H12BrNO2S. The van der Waals surface area contributed by atoms with Crippen molar-refractivity contribution in [1.29, 1.82) is 0 Å². The Morgan fingerprint density at radius 3 is 2.78 bits per heavy atom. The monoisotopic (exact) mass is 325 g/mol. The Hall–Kier alpha value is -1.33. The molecule has 0 unspecified atom stereocenters. The predicted molar refractivity (Wildman–Crippen MR) is 77.5 cm³/mol. The maximum atomic E-state index is 12.2. The fourth-order valence-corrected chi connectivity index (χ4v) is 3.15. The molecule has 0 atom stereocenters. The number of thiophene rings is 1. The lowest BCUT2D eigenvalue weighted by molar-refractivity contribution is 0.0994. The normalized spacial score (nSPS) is 10.3. The molecule has 2 aromatic rings. The lowest BCUT2D eigenvalue weighted by Crippen LogP contribution is -2.07. The zero-order valence-corrected chi connectivity index (χ0v) is 12.2. The highest BCUT2D eigenvalue weighted by Gasteiger charge is 2.14. The number of nitrogen functional groups attached to an aromatic ring is 1. The summed E-state index contributed by atoms with van der Waals surface area (Å²) in [5.41, 5.74) is 6.82. The summed E-state index contributed by atoms with van der Waals surface area (Å²) in [6.07, 6.45) is 0.355. The Morgan fingerprint density at radius 1 is 1.39 bits per heavy atom. The van der Waals surface area contributed by atoms with E-state index in [1.54, 1.807) is 29.5 Å². The Labute approximate surface area is 118 Å². The third-order valence-electron chi connectivity index (χ3n) is 2.55. The van der Waals surface area contributed by atoms with Gasteiger partial charge < -0.3 is 10.5 Å². The molecule has 2 N–H and O–H groups in total. The molecule has 94 valence electrons. The smallest absolute Gasteiger partial charge is 0.170 e. The first-order valence-electron chi connectivity index (χ1n) is 5.31. The number of halogens is 1. The van der Waals surface area contributed by atoms with Crippen LogP contribution >= 0.6 is 27.3 Å². The first-order chi connectivity index (χ1) is 8.61. The summed E-state index contributed by atoms with van der Waals surface area (Å²) in [7, 11) is 1.54. The number of anilines is 1. The van der Waals surface area contributed by atoms with Crippen LogP contribution in [0.5, 0.6) is 5.75 Å². The Balaban J connectivity index is 2.24. The minimum atomic E-state index is 0.000694. The maximum absolute atomic E-state index is 12.2. The van der Waals surface area contributed by atoms with Crippen LogP contribution in [-0.2, 0) is 6.42 Å². The summed E-state index contributed by atoms with van der Waals surface area (Å²) in [6, 6.07) is 9.11. The number of rotatable bonds is 4. The Morgan fingerprint density at radius 2 is 2.17 bits per heavy atom. The minimum Gasteiger partial charge on any atom is -0.495 e. The van der Waals surface area contributed by atoms with Gasteiger partial charge >= 0.3 is 0 Å². The summed E-state index contributed by atoms with van der Waals surface area (Å²) in [5.74, 6) is 0.536. The van der Waals surface area contributed by atoms with Gasteiger partial charge in [-0.3, -0.25) is 4.79 Å². The van der Waals surface area contributed by atoms with Crippen molar-refractivity contribution >= 4 is 38.7 Å². The molecule has 0 amide bonds. The molecule has 0 fully saturated rings. The van der Waals surface area contributed by atoms with Crippen molar-refractivity contribution < 1.29 is 9.53 Å². The van der Waals surface area contributed by atoms with Crippen molar-refractivity contribution in [3.8, 4) is 5.75 Å². The van der Waals surface area contributed by atoms with Crippen molar-refractivity contribution in [1.82, 2.24) is 0 Å². The highest BCUT2D eigenvalue weighted by molar-refractivity contribution is 9.11. The fourth-order valence-electron chi connectivity index (χ4n) is 1.67. The molecular weight excluding hydrogens is 314 g/mol. The van der Waals surface area contributed by atoms with Gasteiger partial charge in [-0.2, -0.15) is 0 Å². The molecule has 0 saturated heterocycles. The largest absolute Gasteiger partial charge is 0.495 e. The lowest BCUT2D eigenvalue weighted by atomic mass is 10.1. The number of benzene rings is 1. The van der Waals surface area contributed by atoms with E-state index in [0.717, 1.165) is 8.66 Å². The molecule has 0 radical (unpaired) electrons. The van der Waals surface area contributed by atoms with Crippen molar-refractivity contribution in [2.45, 2.75) is 6.42 Å². The molecule has 0 bridgehead atoms. The van der Waals surface area contributed by atoms with E-state index in [9.17, 15) is 4.79 Å². The van der Waals surface area contributed by atoms with Gasteiger partial charge in [-0.15, -0.1) is 11.3 Å². The summed E-state index contributed by atoms with van der Waals surface area (Å²) in [6.45, 7) is 0. The van der Waals surface area contributed by atoms with Crippen LogP contribution in [0.4, 0.5) is 5.69 Å². The molecule has 1 aromatic heterocycles. The second-order valence-electron chi connectivity index (χ2n) is 3.73. The Bertz CT molecular complexity index is 580. The van der Waals surface area contributed by atoms with Crippen LogP contribution in [0, 0.1) is 0 Å². The van der Waals surface area contributed by atoms with E-state index in [4.69, 9.17) is 10.5 Å². The van der Waals surface area contributed by atoms with Crippen LogP contribution < -0.4 is 10.5 Å². The Kier molecular flexibility index (Phi) is 4.04. The quantitative estimate of drug-likeness (QED) is 0.691. The zero-order chi connectivity index (χ0) is 13.1. The number of hydrogen-bond acceptors (Lipinski definition) is 4. The molecule has 5 heteroatoms. The van der Waals surface area contributed by atoms with E-state index in [-0.39, 0.29) is 5.78 Å². The summed E-state index contributed by atoms with van der Waals surface area (Å²) in [5, 5.41) is 0. The van der Waals surface area contributed by atoms with Gasteiger partial charge in [0.1, 0.15) is 5.75 Å². The van der Waals surface area contributed by atoms with E-state index in [1.807, 2.05) is 12.1 Å². The number of carbonyl (C=O) groups excluding carboxylic acids is 1. The van der Waals surface area contributed by atoms with Crippen molar-refractivity contribution in [3.05, 3.63) is 44.6 Å². The number of nitrogens with two attached hydrogens (primary N) is 1. The van der Waals surface area contributed by atoms with Crippen LogP contribution in [0.2, 0.25) is 0 Å². The van der Waals surface area contributed by atoms with E-state index >= 15 is 0 Å². The number of carbonyl (C=O) groups is 1. The molecule has 0 aliphatic heterocycles. The third-order valence-corrected chi connectivity index (χ3v) is 4.17. The molecule has 1 heterocycles. The summed E-state index contributed by atoms with van der Waals surface area (Å²) in [4.78, 5) is 13.2. The SMILES string of the molecule is COc1cccc(C(=O)Cc2ccc(Br)s2)c1N. The van der Waals surface area contributed by atoms with E-state index in [2.05, 4.69) is 15.9 Å². The fraction of sp³-hybridized carbons (Fsp3) is 0.154. The van der Waals surface area contributed by atoms with Gasteiger partial charge in [0.15, 0.2) is 5.78 Å². The van der Waals surface area contributed by atoms with Crippen LogP contribution in [0.3, 0.4) is 0 Å². The highest BCUT2D eigenvalue weighted by Crippen LogP contribution is 2.28. The minimum absolute atomic E-state index is 0.000694. The van der Waals surface area contributed by atoms with Gasteiger partial charge in [-0.05, 0) is 40.2 Å². The molecule has 3 nitrogen and oxygen atoms in total. The van der Waals surface area contributed by atoms with Crippen LogP contribution in [0.25, 0.3) is 0 Å². The number of para-hydroxylation sites is 1. The van der Waals surface area contributed by atoms with Crippen LogP contribution in [0.15, 0.2) is 34.1 Å². The topological polar surface area (TPSA) is 52.3 Å². The molecule has 0 spiro atoms. The first kappa shape index (κ1) is 13.1. The van der Waals surface area contributed by atoms with Crippen LogP contribution in [0.1, 0.15) is 15.2 Å². The second kappa shape index (κ2) is 5.54. The van der Waals surface area contributed by atoms with Gasteiger partial charge in [0.25, 0.3) is 0 Å². The standard InChI is InChI=1S/C13H12BrNO2S/c1-17-11-4-2-3-9(13(11)15)10(16)7-8-5-6-12(14)18-8/h2-6H,7,15H2,1H3. The average molecular weight is 326 g/mol. The maximum Gasteiger partial charge on any atom is 0.170 e. The second-order valence-corrected chi connectivity index (χ2v) is 6.27. The average Bonchev–Trinajstić information content (AvgIpc) is 2.75.